The highest BCUT2D eigenvalue weighted by molar-refractivity contribution is 6.40. The molecule has 0 saturated heterocycles. The van der Waals surface area contributed by atoms with Crippen LogP contribution in [0.15, 0.2) is 0 Å². The smallest absolute Gasteiger partial charge is 0.134 e. The second-order valence-electron chi connectivity index (χ2n) is 5.80. The molecule has 1 radical (unpaired) electrons. The van der Waals surface area contributed by atoms with Crippen LogP contribution in [0.5, 0.6) is 0 Å². The van der Waals surface area contributed by atoms with Crippen LogP contribution in [0.3, 0.4) is 0 Å². The van der Waals surface area contributed by atoms with Gasteiger partial charge in [-0.3, -0.25) is 0 Å². The van der Waals surface area contributed by atoms with Crippen molar-refractivity contribution in [1.82, 2.24) is 0 Å². The average molecular weight is 204 g/mol. The standard InChI is InChI=1S/C13H23BN/c1-6-11(3)8-12(4,7-2)13(9-11,10-15)14-5/h6-9H2,1-5H3. The van der Waals surface area contributed by atoms with Crippen molar-refractivity contribution in [3.05, 3.63) is 0 Å². The summed E-state index contributed by atoms with van der Waals surface area (Å²) in [7, 11) is 2.15. The van der Waals surface area contributed by atoms with Gasteiger partial charge in [0.2, 0.25) is 0 Å². The summed E-state index contributed by atoms with van der Waals surface area (Å²) in [4.78, 5) is 0. The molecule has 1 fully saturated rings. The number of rotatable bonds is 3. The van der Waals surface area contributed by atoms with E-state index in [4.69, 9.17) is 0 Å². The minimum Gasteiger partial charge on any atom is -0.199 e. The highest BCUT2D eigenvalue weighted by atomic mass is 14.6. The number of hydrogen-bond acceptors (Lipinski definition) is 1. The van der Waals surface area contributed by atoms with Crippen LogP contribution >= 0.6 is 0 Å². The van der Waals surface area contributed by atoms with E-state index in [-0.39, 0.29) is 10.7 Å². The van der Waals surface area contributed by atoms with Crippen LogP contribution in [0.4, 0.5) is 0 Å². The summed E-state index contributed by atoms with van der Waals surface area (Å²) < 4.78 is 0. The Kier molecular flexibility index (Phi) is 3.24. The van der Waals surface area contributed by atoms with Gasteiger partial charge in [0.1, 0.15) is 7.28 Å². The summed E-state index contributed by atoms with van der Waals surface area (Å²) in [5, 5.41) is 9.33. The van der Waals surface area contributed by atoms with Crippen LogP contribution in [0.1, 0.15) is 53.4 Å². The van der Waals surface area contributed by atoms with Crippen molar-refractivity contribution in [3.8, 4) is 6.07 Å². The fourth-order valence-electron chi connectivity index (χ4n) is 3.43. The molecule has 0 N–H and O–H groups in total. The van der Waals surface area contributed by atoms with Gasteiger partial charge in [-0.15, -0.1) is 0 Å². The van der Waals surface area contributed by atoms with Gasteiger partial charge in [-0.05, 0) is 30.1 Å². The molecule has 0 aromatic carbocycles. The highest BCUT2D eigenvalue weighted by Gasteiger charge is 2.57. The van der Waals surface area contributed by atoms with E-state index in [9.17, 15) is 5.26 Å². The molecule has 15 heavy (non-hydrogen) atoms. The zero-order valence-corrected chi connectivity index (χ0v) is 10.9. The van der Waals surface area contributed by atoms with Gasteiger partial charge in [0.15, 0.2) is 0 Å². The van der Waals surface area contributed by atoms with Crippen molar-refractivity contribution in [2.75, 3.05) is 0 Å². The summed E-state index contributed by atoms with van der Waals surface area (Å²) >= 11 is 0. The predicted octanol–water partition coefficient (Wildman–Crippen LogP) is 4.05. The molecule has 0 aliphatic heterocycles. The van der Waals surface area contributed by atoms with Crippen LogP contribution in [-0.2, 0) is 0 Å². The first-order valence-electron chi connectivity index (χ1n) is 6.13. The van der Waals surface area contributed by atoms with E-state index < -0.39 is 0 Å². The fourth-order valence-corrected chi connectivity index (χ4v) is 3.43. The summed E-state index contributed by atoms with van der Waals surface area (Å²) in [5.41, 5.74) is 0.522. The van der Waals surface area contributed by atoms with Crippen molar-refractivity contribution in [2.45, 2.75) is 65.5 Å². The van der Waals surface area contributed by atoms with Gasteiger partial charge in [-0.25, -0.2) is 0 Å². The first kappa shape index (κ1) is 12.6. The molecule has 83 valence electrons. The van der Waals surface area contributed by atoms with E-state index in [2.05, 4.69) is 47.9 Å². The Morgan fingerprint density at radius 1 is 1.20 bits per heavy atom. The average Bonchev–Trinajstić information content (AvgIpc) is 2.49. The molecule has 1 saturated carbocycles. The molecule has 3 atom stereocenters. The predicted molar refractivity (Wildman–Crippen MR) is 66.0 cm³/mol. The normalized spacial score (nSPS) is 45.1. The van der Waals surface area contributed by atoms with Gasteiger partial charge in [0.05, 0.1) is 6.07 Å². The van der Waals surface area contributed by atoms with Gasteiger partial charge >= 0.3 is 0 Å². The van der Waals surface area contributed by atoms with Gasteiger partial charge in [0, 0.05) is 5.31 Å². The monoisotopic (exact) mass is 204 g/mol. The molecule has 3 unspecified atom stereocenters. The molecule has 0 bridgehead atoms. The number of hydrogen-bond donors (Lipinski definition) is 0. The van der Waals surface area contributed by atoms with Gasteiger partial charge in [-0.2, -0.15) is 5.26 Å². The Morgan fingerprint density at radius 2 is 1.80 bits per heavy atom. The first-order valence-corrected chi connectivity index (χ1v) is 6.13. The fraction of sp³-hybridized carbons (Fsp3) is 0.923. The number of nitrogens with zero attached hydrogens (tertiary/aromatic N) is 1. The lowest BCUT2D eigenvalue weighted by atomic mass is 9.44. The van der Waals surface area contributed by atoms with Crippen molar-refractivity contribution < 1.29 is 0 Å². The van der Waals surface area contributed by atoms with Crippen molar-refractivity contribution in [3.63, 3.8) is 0 Å². The molecule has 0 heterocycles. The molecular weight excluding hydrogens is 181 g/mol. The third kappa shape index (κ3) is 1.71. The van der Waals surface area contributed by atoms with Crippen molar-refractivity contribution in [2.24, 2.45) is 10.8 Å². The largest absolute Gasteiger partial charge is 0.199 e. The van der Waals surface area contributed by atoms with Crippen molar-refractivity contribution >= 4 is 7.28 Å². The van der Waals surface area contributed by atoms with E-state index in [0.717, 1.165) is 12.8 Å². The molecule has 0 amide bonds. The highest BCUT2D eigenvalue weighted by Crippen LogP contribution is 2.66. The summed E-state index contributed by atoms with van der Waals surface area (Å²) in [6.45, 7) is 11.1. The van der Waals surface area contributed by atoms with Crippen LogP contribution in [0.2, 0.25) is 12.1 Å². The first-order chi connectivity index (χ1) is 6.91. The second kappa shape index (κ2) is 3.85. The summed E-state index contributed by atoms with van der Waals surface area (Å²) in [6.07, 6.45) is 4.50. The lowest BCUT2D eigenvalue weighted by molar-refractivity contribution is 0.236. The maximum absolute atomic E-state index is 9.53. The van der Waals surface area contributed by atoms with Gasteiger partial charge in [0.25, 0.3) is 0 Å². The summed E-state index contributed by atoms with van der Waals surface area (Å²) in [5.74, 6) is 0. The zero-order valence-electron chi connectivity index (χ0n) is 10.9. The minimum absolute atomic E-state index is 0.168. The molecule has 1 nitrogen and oxygen atoms in total. The van der Waals surface area contributed by atoms with E-state index in [0.29, 0.717) is 5.41 Å². The SMILES string of the molecule is C[B]C1(C#N)CC(C)(CC)CC1(C)CC. The van der Waals surface area contributed by atoms with Crippen LogP contribution in [-0.4, -0.2) is 7.28 Å². The Hall–Kier alpha value is -0.445. The Labute approximate surface area is 95.5 Å². The summed E-state index contributed by atoms with van der Waals surface area (Å²) in [6, 6.07) is 2.60. The Morgan fingerprint density at radius 3 is 2.07 bits per heavy atom. The lowest BCUT2D eigenvalue weighted by Crippen LogP contribution is -2.31. The zero-order chi connectivity index (χ0) is 11.7. The third-order valence-electron chi connectivity index (χ3n) is 4.93. The van der Waals surface area contributed by atoms with E-state index in [1.165, 1.54) is 12.8 Å². The van der Waals surface area contributed by atoms with E-state index in [1.807, 2.05) is 0 Å². The van der Waals surface area contributed by atoms with E-state index in [1.54, 1.807) is 0 Å². The maximum Gasteiger partial charge on any atom is 0.134 e. The Balaban J connectivity index is 3.12. The third-order valence-corrected chi connectivity index (χ3v) is 4.93. The molecule has 0 spiro atoms. The molecule has 1 aliphatic rings. The van der Waals surface area contributed by atoms with E-state index >= 15 is 0 Å². The van der Waals surface area contributed by atoms with Crippen LogP contribution in [0, 0.1) is 22.2 Å². The molecule has 0 aromatic heterocycles. The number of nitriles is 1. The quantitative estimate of drug-likeness (QED) is 0.636. The van der Waals surface area contributed by atoms with Crippen LogP contribution in [0.25, 0.3) is 0 Å². The van der Waals surface area contributed by atoms with Gasteiger partial charge < -0.3 is 0 Å². The lowest BCUT2D eigenvalue weighted by Gasteiger charge is -2.37. The molecule has 1 rings (SSSR count). The van der Waals surface area contributed by atoms with Crippen LogP contribution < -0.4 is 0 Å². The molecular formula is C13H23BN. The molecule has 1 aliphatic carbocycles. The topological polar surface area (TPSA) is 23.8 Å². The van der Waals surface area contributed by atoms with Crippen molar-refractivity contribution in [1.29, 1.82) is 5.26 Å². The molecule has 2 heteroatoms. The maximum atomic E-state index is 9.53. The Bertz CT molecular complexity index is 283. The second-order valence-corrected chi connectivity index (χ2v) is 5.80. The molecule has 0 aromatic rings. The van der Waals surface area contributed by atoms with Gasteiger partial charge in [-0.1, -0.05) is 40.9 Å². The minimum atomic E-state index is -0.202.